The van der Waals surface area contributed by atoms with Crippen LogP contribution < -0.4 is 5.11 Å². The highest BCUT2D eigenvalue weighted by Gasteiger charge is 2.23. The van der Waals surface area contributed by atoms with Gasteiger partial charge in [-0.25, -0.2) is 4.79 Å². The average Bonchev–Trinajstić information content (AvgIpc) is 2.35. The van der Waals surface area contributed by atoms with E-state index in [1.165, 1.54) is 0 Å². The Morgan fingerprint density at radius 2 is 1.12 bits per heavy atom. The Morgan fingerprint density at radius 1 is 0.840 bits per heavy atom. The standard InChI is InChI=1S/2C5H14NO.C4H6O6.H2O/c2*1-6(2,3)4-5-7;5-1(3(7)8)2(6)4(9)10;/h2*7H,4-5H2,1-3H3;1-2,5-6H,(H,7,8)(H,9,10);1H2/q2*+1;;/p-2. The van der Waals surface area contributed by atoms with Crippen LogP contribution >= 0.6 is 0 Å². The highest BCUT2D eigenvalue weighted by atomic mass is 16.4. The lowest BCUT2D eigenvalue weighted by molar-refractivity contribution is -0.870. The number of hydrogen-bond donors (Lipinski definition) is 5. The minimum atomic E-state index is -2.38. The molecule has 0 fully saturated rings. The maximum absolute atomic E-state index is 9.74. The number of aliphatic carboxylic acids is 2. The Balaban J connectivity index is -0.000000133. The van der Waals surface area contributed by atoms with Gasteiger partial charge >= 0.3 is 5.97 Å². The van der Waals surface area contributed by atoms with E-state index in [9.17, 15) is 14.7 Å². The quantitative estimate of drug-likeness (QED) is 0.275. The molecule has 154 valence electrons. The Kier molecular flexibility index (Phi) is 18.8. The van der Waals surface area contributed by atoms with E-state index in [0.29, 0.717) is 0 Å². The van der Waals surface area contributed by atoms with Crippen LogP contribution in [0.3, 0.4) is 0 Å². The van der Waals surface area contributed by atoms with E-state index in [1.54, 1.807) is 0 Å². The van der Waals surface area contributed by atoms with Crippen molar-refractivity contribution in [1.29, 1.82) is 0 Å². The molecule has 11 heteroatoms. The summed E-state index contributed by atoms with van der Waals surface area (Å²) < 4.78 is 1.69. The molecule has 0 radical (unpaired) electrons. The molecule has 0 aliphatic carbocycles. The summed E-state index contributed by atoms with van der Waals surface area (Å²) in [6.07, 6.45) is -4.71. The average molecular weight is 374 g/mol. The third kappa shape index (κ3) is 27.8. The second-order valence-corrected chi connectivity index (χ2v) is 7.02. The molecule has 0 aromatic carbocycles. The number of carbonyl (C=O) groups excluding carboxylic acids is 1. The fourth-order valence-electron chi connectivity index (χ4n) is 0.864. The van der Waals surface area contributed by atoms with Crippen molar-refractivity contribution in [2.45, 2.75) is 12.2 Å². The zero-order chi connectivity index (χ0) is 20.1. The van der Waals surface area contributed by atoms with Crippen LogP contribution in [0.25, 0.3) is 0 Å². The lowest BCUT2D eigenvalue weighted by Gasteiger charge is -2.21. The zero-order valence-electron chi connectivity index (χ0n) is 15.8. The number of rotatable bonds is 7. The highest BCUT2D eigenvalue weighted by molar-refractivity contribution is 5.81. The van der Waals surface area contributed by atoms with Crippen molar-refractivity contribution in [3.05, 3.63) is 0 Å². The van der Waals surface area contributed by atoms with Gasteiger partial charge in [-0.15, -0.1) is 0 Å². The molecule has 0 saturated heterocycles. The van der Waals surface area contributed by atoms with Crippen LogP contribution in [-0.2, 0) is 9.59 Å². The number of likely N-dealkylation sites (N-methyl/N-ethyl adjacent to an activating group) is 2. The summed E-state index contributed by atoms with van der Waals surface area (Å²) in [5.74, 6) is -3.83. The molecule has 0 spiro atoms. The molecular weight excluding hydrogens is 340 g/mol. The molecule has 6 N–H and O–H groups in total. The van der Waals surface area contributed by atoms with Gasteiger partial charge in [0.1, 0.15) is 19.2 Å². The van der Waals surface area contributed by atoms with Crippen molar-refractivity contribution in [1.82, 2.24) is 0 Å². The molecule has 0 aliphatic rings. The number of hydrogen-bond acceptors (Lipinski definition) is 8. The maximum atomic E-state index is 9.74. The van der Waals surface area contributed by atoms with E-state index in [1.807, 2.05) is 0 Å². The maximum Gasteiger partial charge on any atom is 0.335 e. The Morgan fingerprint density at radius 3 is 1.16 bits per heavy atom. The number of carboxylic acids is 2. The van der Waals surface area contributed by atoms with E-state index < -0.39 is 24.1 Å². The van der Waals surface area contributed by atoms with Crippen LogP contribution in [0.4, 0.5) is 0 Å². The van der Waals surface area contributed by atoms with Gasteiger partial charge in [0.15, 0.2) is 6.10 Å². The summed E-state index contributed by atoms with van der Waals surface area (Å²) in [6.45, 7) is 2.23. The Labute approximate surface area is 148 Å². The van der Waals surface area contributed by atoms with Crippen LogP contribution in [0.5, 0.6) is 0 Å². The van der Waals surface area contributed by atoms with Gasteiger partial charge in [-0.05, 0) is 0 Å². The van der Waals surface area contributed by atoms with Crippen molar-refractivity contribution in [3.63, 3.8) is 0 Å². The van der Waals surface area contributed by atoms with Crippen molar-refractivity contribution in [3.8, 4) is 0 Å². The van der Waals surface area contributed by atoms with Gasteiger partial charge in [0.25, 0.3) is 0 Å². The number of carbonyl (C=O) groups is 2. The summed E-state index contributed by atoms with van der Waals surface area (Å²) in [7, 11) is 12.3. The van der Waals surface area contributed by atoms with Crippen LogP contribution in [0, 0.1) is 0 Å². The van der Waals surface area contributed by atoms with E-state index in [2.05, 4.69) is 42.3 Å². The lowest BCUT2D eigenvalue weighted by atomic mass is 10.2. The third-order valence-corrected chi connectivity index (χ3v) is 2.34. The molecular formula is C14H34N2O9. The minimum Gasteiger partial charge on any atom is -0.870 e. The Bertz CT molecular complexity index is 317. The van der Waals surface area contributed by atoms with Crippen molar-refractivity contribution < 1.29 is 54.7 Å². The van der Waals surface area contributed by atoms with Gasteiger partial charge in [0, 0.05) is 0 Å². The highest BCUT2D eigenvalue weighted by Crippen LogP contribution is 1.91. The molecule has 0 amide bonds. The molecule has 2 unspecified atom stereocenters. The number of aliphatic hydroxyl groups is 4. The molecule has 25 heavy (non-hydrogen) atoms. The fourth-order valence-corrected chi connectivity index (χ4v) is 0.864. The topological polar surface area (TPSA) is 188 Å². The van der Waals surface area contributed by atoms with Crippen LogP contribution in [0.2, 0.25) is 0 Å². The Hall–Kier alpha value is -1.34. The molecule has 0 aliphatic heterocycles. The molecule has 0 heterocycles. The molecule has 0 saturated carbocycles. The fraction of sp³-hybridized carbons (Fsp3) is 0.857. The normalized spacial score (nSPS) is 13.0. The van der Waals surface area contributed by atoms with Crippen LogP contribution in [0.1, 0.15) is 0 Å². The zero-order valence-corrected chi connectivity index (χ0v) is 15.8. The molecule has 2 atom stereocenters. The first kappa shape index (κ1) is 31.4. The second kappa shape index (κ2) is 15.0. The predicted molar refractivity (Wildman–Crippen MR) is 86.6 cm³/mol. The van der Waals surface area contributed by atoms with Crippen LogP contribution in [-0.4, -0.2) is 133 Å². The molecule has 0 aromatic heterocycles. The van der Waals surface area contributed by atoms with E-state index in [0.717, 1.165) is 22.1 Å². The molecule has 11 nitrogen and oxygen atoms in total. The summed E-state index contributed by atoms with van der Waals surface area (Å²) in [5.41, 5.74) is 0. The lowest BCUT2D eigenvalue weighted by Crippen LogP contribution is -2.46. The van der Waals surface area contributed by atoms with Gasteiger partial charge in [0.05, 0.1) is 61.5 Å². The van der Waals surface area contributed by atoms with Crippen LogP contribution in [0.15, 0.2) is 0 Å². The van der Waals surface area contributed by atoms with E-state index >= 15 is 0 Å². The first-order valence-corrected chi connectivity index (χ1v) is 7.21. The monoisotopic (exact) mass is 374 g/mol. The molecule has 0 rings (SSSR count). The molecule has 0 bridgehead atoms. The van der Waals surface area contributed by atoms with Crippen molar-refractivity contribution in [2.75, 3.05) is 68.6 Å². The first-order chi connectivity index (χ1) is 10.6. The summed E-state index contributed by atoms with van der Waals surface area (Å²) in [5, 5.41) is 50.9. The smallest absolute Gasteiger partial charge is 0.335 e. The number of quaternary nitrogens is 2. The van der Waals surface area contributed by atoms with E-state index in [4.69, 9.17) is 25.5 Å². The first-order valence-electron chi connectivity index (χ1n) is 7.21. The summed E-state index contributed by atoms with van der Waals surface area (Å²) in [6, 6.07) is 0. The van der Waals surface area contributed by atoms with Gasteiger partial charge in [0.2, 0.25) is 0 Å². The van der Waals surface area contributed by atoms with Crippen molar-refractivity contribution >= 4 is 11.9 Å². The second-order valence-electron chi connectivity index (χ2n) is 7.02. The third-order valence-electron chi connectivity index (χ3n) is 2.34. The van der Waals surface area contributed by atoms with Gasteiger partial charge < -0.3 is 49.9 Å². The number of aliphatic hydroxyl groups excluding tert-OH is 4. The van der Waals surface area contributed by atoms with Gasteiger partial charge in [-0.3, -0.25) is 0 Å². The van der Waals surface area contributed by atoms with Gasteiger partial charge in [-0.2, -0.15) is 0 Å². The largest absolute Gasteiger partial charge is 0.870 e. The summed E-state index contributed by atoms with van der Waals surface area (Å²) in [4.78, 5) is 19.4. The number of carboxylic acid groups (broad SMARTS) is 2. The molecule has 0 aromatic rings. The van der Waals surface area contributed by atoms with Crippen molar-refractivity contribution in [2.24, 2.45) is 0 Å². The number of nitrogens with zero attached hydrogens (tertiary/aromatic N) is 2. The van der Waals surface area contributed by atoms with Gasteiger partial charge in [-0.1, -0.05) is 0 Å². The predicted octanol–water partition coefficient (Wildman–Crippen LogP) is -4.26. The summed E-state index contributed by atoms with van der Waals surface area (Å²) >= 11 is 0. The van der Waals surface area contributed by atoms with E-state index in [-0.39, 0.29) is 18.7 Å². The minimum absolute atomic E-state index is 0. The SMILES string of the molecule is C[N+](C)(C)CCO.C[N+](C)(C)CCO.O=C([O-])C(O)C(O)C(=O)O.[OH-].